The monoisotopic (exact) mass is 450 g/mol. The normalized spacial score (nSPS) is 13.5. The Balaban J connectivity index is 1.79. The van der Waals surface area contributed by atoms with E-state index in [0.717, 1.165) is 0 Å². The van der Waals surface area contributed by atoms with Crippen molar-refractivity contribution in [1.29, 1.82) is 0 Å². The summed E-state index contributed by atoms with van der Waals surface area (Å²) < 4.78 is 26.3. The molecule has 0 aliphatic rings. The minimum Gasteiger partial charge on any atom is -0.459 e. The standard InChI is InChI=1S/C27H31O4P/c1-21(2)19-24(30-27(28)23-13-7-4-8-14-23)20-22(3)31-32(29,25-15-9-5-10-16-25)26-17-11-6-12-18-26/h4-18,21-22,24H,19-20H2,1-3H3. The van der Waals surface area contributed by atoms with Gasteiger partial charge >= 0.3 is 5.97 Å². The highest BCUT2D eigenvalue weighted by molar-refractivity contribution is 7.74. The third-order valence-corrected chi connectivity index (χ3v) is 7.75. The zero-order valence-electron chi connectivity index (χ0n) is 18.9. The summed E-state index contributed by atoms with van der Waals surface area (Å²) in [5.41, 5.74) is 0.522. The Morgan fingerprint density at radius 2 is 1.22 bits per heavy atom. The Morgan fingerprint density at radius 1 is 0.750 bits per heavy atom. The van der Waals surface area contributed by atoms with Crippen LogP contribution in [0.4, 0.5) is 0 Å². The van der Waals surface area contributed by atoms with Gasteiger partial charge in [0.05, 0.1) is 11.7 Å². The fraction of sp³-hybridized carbons (Fsp3) is 0.296. The van der Waals surface area contributed by atoms with Crippen molar-refractivity contribution in [3.63, 3.8) is 0 Å². The van der Waals surface area contributed by atoms with E-state index in [4.69, 9.17) is 9.26 Å². The van der Waals surface area contributed by atoms with Gasteiger partial charge < -0.3 is 9.26 Å². The van der Waals surface area contributed by atoms with E-state index in [1.165, 1.54) is 0 Å². The predicted molar refractivity (Wildman–Crippen MR) is 130 cm³/mol. The third-order valence-electron chi connectivity index (χ3n) is 5.13. The van der Waals surface area contributed by atoms with Crippen LogP contribution in [0.15, 0.2) is 91.0 Å². The maximum absolute atomic E-state index is 14.1. The van der Waals surface area contributed by atoms with E-state index < -0.39 is 7.37 Å². The Bertz CT molecular complexity index is 976. The summed E-state index contributed by atoms with van der Waals surface area (Å²) in [6, 6.07) is 27.6. The maximum atomic E-state index is 14.1. The van der Waals surface area contributed by atoms with Crippen molar-refractivity contribution < 1.29 is 18.6 Å². The van der Waals surface area contributed by atoms with Crippen LogP contribution >= 0.6 is 7.37 Å². The van der Waals surface area contributed by atoms with E-state index in [-0.39, 0.29) is 18.2 Å². The SMILES string of the molecule is CC(C)CC(CC(C)OP(=O)(c1ccccc1)c1ccccc1)OC(=O)c1ccccc1. The average molecular weight is 451 g/mol. The van der Waals surface area contributed by atoms with Crippen molar-refractivity contribution in [2.45, 2.75) is 45.8 Å². The summed E-state index contributed by atoms with van der Waals surface area (Å²) in [6.07, 6.45) is 0.444. The van der Waals surface area contributed by atoms with E-state index in [1.807, 2.05) is 85.8 Å². The molecule has 0 aromatic heterocycles. The molecule has 0 saturated heterocycles. The van der Waals surface area contributed by atoms with Crippen LogP contribution in [-0.4, -0.2) is 18.2 Å². The fourth-order valence-corrected chi connectivity index (χ4v) is 5.96. The topological polar surface area (TPSA) is 52.6 Å². The van der Waals surface area contributed by atoms with Crippen LogP contribution in [0.25, 0.3) is 0 Å². The maximum Gasteiger partial charge on any atom is 0.338 e. The average Bonchev–Trinajstić information content (AvgIpc) is 2.80. The fourth-order valence-electron chi connectivity index (χ4n) is 3.70. The second kappa shape index (κ2) is 11.3. The molecule has 168 valence electrons. The summed E-state index contributed by atoms with van der Waals surface area (Å²) in [4.78, 5) is 12.6. The highest BCUT2D eigenvalue weighted by Crippen LogP contribution is 2.46. The lowest BCUT2D eigenvalue weighted by Crippen LogP contribution is -2.28. The molecule has 4 nitrogen and oxygen atoms in total. The lowest BCUT2D eigenvalue weighted by Gasteiger charge is -2.27. The first-order valence-corrected chi connectivity index (χ1v) is 12.7. The predicted octanol–water partition coefficient (Wildman–Crippen LogP) is 5.98. The molecule has 0 N–H and O–H groups in total. The third kappa shape index (κ3) is 6.41. The number of hydrogen-bond donors (Lipinski definition) is 0. The molecule has 3 aromatic carbocycles. The molecule has 2 atom stereocenters. The number of hydrogen-bond acceptors (Lipinski definition) is 4. The van der Waals surface area contributed by atoms with Crippen molar-refractivity contribution in [2.24, 2.45) is 5.92 Å². The highest BCUT2D eigenvalue weighted by atomic mass is 31.2. The Morgan fingerprint density at radius 3 is 1.69 bits per heavy atom. The number of carbonyl (C=O) groups excluding carboxylic acids is 1. The van der Waals surface area contributed by atoms with Gasteiger partial charge in [-0.05, 0) is 55.7 Å². The molecule has 0 spiro atoms. The van der Waals surface area contributed by atoms with Crippen molar-refractivity contribution >= 4 is 23.9 Å². The largest absolute Gasteiger partial charge is 0.459 e. The molecule has 0 bridgehead atoms. The van der Waals surface area contributed by atoms with Crippen molar-refractivity contribution in [3.05, 3.63) is 96.6 Å². The smallest absolute Gasteiger partial charge is 0.338 e. The molecule has 0 radical (unpaired) electrons. The van der Waals surface area contributed by atoms with Gasteiger partial charge in [0.15, 0.2) is 0 Å². The van der Waals surface area contributed by atoms with Gasteiger partial charge in [0.2, 0.25) is 0 Å². The van der Waals surface area contributed by atoms with Crippen LogP contribution in [0.5, 0.6) is 0 Å². The molecular weight excluding hydrogens is 419 g/mol. The van der Waals surface area contributed by atoms with Gasteiger partial charge in [-0.1, -0.05) is 68.4 Å². The van der Waals surface area contributed by atoms with E-state index in [9.17, 15) is 9.36 Å². The molecule has 0 aliphatic heterocycles. The molecule has 0 heterocycles. The first-order valence-electron chi connectivity index (χ1n) is 11.0. The zero-order valence-corrected chi connectivity index (χ0v) is 19.8. The van der Waals surface area contributed by atoms with E-state index in [2.05, 4.69) is 13.8 Å². The van der Waals surface area contributed by atoms with Crippen LogP contribution in [-0.2, 0) is 13.8 Å². The molecule has 0 aliphatic carbocycles. The summed E-state index contributed by atoms with van der Waals surface area (Å²) in [6.45, 7) is 6.07. The minimum absolute atomic E-state index is 0.335. The van der Waals surface area contributed by atoms with Gasteiger partial charge in [-0.2, -0.15) is 0 Å². The quantitative estimate of drug-likeness (QED) is 0.282. The molecule has 3 aromatic rings. The Hall–Kier alpha value is -2.68. The van der Waals surface area contributed by atoms with Crippen LogP contribution in [0.1, 0.15) is 44.0 Å². The second-order valence-electron chi connectivity index (χ2n) is 8.40. The lowest BCUT2D eigenvalue weighted by atomic mass is 10.0. The van der Waals surface area contributed by atoms with Crippen LogP contribution < -0.4 is 10.6 Å². The summed E-state index contributed by atoms with van der Waals surface area (Å²) >= 11 is 0. The number of carbonyl (C=O) groups is 1. The first-order chi connectivity index (χ1) is 15.4. The zero-order chi connectivity index (χ0) is 23.0. The summed E-state index contributed by atoms with van der Waals surface area (Å²) in [5, 5.41) is 1.31. The molecule has 0 amide bonds. The van der Waals surface area contributed by atoms with Gasteiger partial charge in [-0.3, -0.25) is 4.57 Å². The molecule has 32 heavy (non-hydrogen) atoms. The minimum atomic E-state index is -3.30. The molecule has 0 fully saturated rings. The number of esters is 1. The molecule has 2 unspecified atom stereocenters. The lowest BCUT2D eigenvalue weighted by molar-refractivity contribution is 0.0141. The molecule has 5 heteroatoms. The first kappa shape index (κ1) is 24.0. The Labute approximate surface area is 191 Å². The van der Waals surface area contributed by atoms with Gasteiger partial charge in [0.1, 0.15) is 6.10 Å². The van der Waals surface area contributed by atoms with Gasteiger partial charge in [-0.15, -0.1) is 0 Å². The Kier molecular flexibility index (Phi) is 8.44. The summed E-state index contributed by atoms with van der Waals surface area (Å²) in [5.74, 6) is -0.0106. The van der Waals surface area contributed by atoms with Crippen molar-refractivity contribution in [3.8, 4) is 0 Å². The molecule has 0 saturated carbocycles. The van der Waals surface area contributed by atoms with Gasteiger partial charge in [0.25, 0.3) is 7.37 Å². The van der Waals surface area contributed by atoms with E-state index in [1.54, 1.807) is 12.1 Å². The van der Waals surface area contributed by atoms with Crippen LogP contribution in [0.3, 0.4) is 0 Å². The number of ether oxygens (including phenoxy) is 1. The number of rotatable bonds is 10. The second-order valence-corrected chi connectivity index (χ2v) is 10.7. The molecular formula is C27H31O4P. The van der Waals surface area contributed by atoms with E-state index in [0.29, 0.717) is 34.9 Å². The van der Waals surface area contributed by atoms with E-state index >= 15 is 0 Å². The number of benzene rings is 3. The van der Waals surface area contributed by atoms with Crippen molar-refractivity contribution in [1.82, 2.24) is 0 Å². The van der Waals surface area contributed by atoms with Crippen molar-refractivity contribution in [2.75, 3.05) is 0 Å². The highest BCUT2D eigenvalue weighted by Gasteiger charge is 2.32. The van der Waals surface area contributed by atoms with Crippen LogP contribution in [0, 0.1) is 5.92 Å². The summed E-state index contributed by atoms with van der Waals surface area (Å²) in [7, 11) is -3.30. The van der Waals surface area contributed by atoms with Gasteiger partial charge in [-0.25, -0.2) is 4.79 Å². The molecule has 3 rings (SSSR count). The van der Waals surface area contributed by atoms with Crippen LogP contribution in [0.2, 0.25) is 0 Å². The van der Waals surface area contributed by atoms with Gasteiger partial charge in [0, 0.05) is 17.0 Å².